The summed E-state index contributed by atoms with van der Waals surface area (Å²) in [4.78, 5) is 10.8. The third kappa shape index (κ3) is 1.77. The molecule has 0 aromatic rings. The quantitative estimate of drug-likeness (QED) is 0.547. The summed E-state index contributed by atoms with van der Waals surface area (Å²) < 4.78 is 0. The number of allylic oxidation sites excluding steroid dienone is 2. The van der Waals surface area contributed by atoms with Gasteiger partial charge in [-0.25, -0.2) is 0 Å². The fraction of sp³-hybridized carbons (Fsp3) is 0.727. The Balaban J connectivity index is 3.00. The van der Waals surface area contributed by atoms with Gasteiger partial charge in [0.2, 0.25) is 0 Å². The molecule has 0 saturated heterocycles. The smallest absolute Gasteiger partial charge is 0.146 e. The van der Waals surface area contributed by atoms with Crippen LogP contribution in [0.5, 0.6) is 0 Å². The topological polar surface area (TPSA) is 17.1 Å². The molecule has 0 radical (unpaired) electrons. The lowest BCUT2D eigenvalue weighted by Crippen LogP contribution is -2.26. The summed E-state index contributed by atoms with van der Waals surface area (Å²) in [6.45, 7) is 8.66. The van der Waals surface area contributed by atoms with Gasteiger partial charge in [-0.15, -0.1) is 0 Å². The first-order chi connectivity index (χ1) is 5.37. The molecule has 0 atom stereocenters. The average molecular weight is 166 g/mol. The molecule has 0 fully saturated rings. The summed E-state index contributed by atoms with van der Waals surface area (Å²) in [6.07, 6.45) is 5.44. The second-order valence-electron chi connectivity index (χ2n) is 5.09. The molecule has 0 aromatic carbocycles. The minimum Gasteiger partial charge on any atom is -0.298 e. The zero-order valence-corrected chi connectivity index (χ0v) is 8.48. The molecule has 0 aliphatic heterocycles. The van der Waals surface area contributed by atoms with Crippen molar-refractivity contribution in [2.45, 2.75) is 40.5 Å². The molecular weight excluding hydrogens is 148 g/mol. The Labute approximate surface area is 74.9 Å². The van der Waals surface area contributed by atoms with E-state index < -0.39 is 0 Å². The van der Waals surface area contributed by atoms with E-state index in [1.54, 1.807) is 0 Å². The fourth-order valence-corrected chi connectivity index (χ4v) is 1.66. The van der Waals surface area contributed by atoms with E-state index in [1.165, 1.54) is 6.42 Å². The van der Waals surface area contributed by atoms with Crippen LogP contribution in [0.25, 0.3) is 0 Å². The fourth-order valence-electron chi connectivity index (χ4n) is 1.66. The van der Waals surface area contributed by atoms with Crippen LogP contribution < -0.4 is 0 Å². The molecule has 0 heterocycles. The zero-order chi connectivity index (χ0) is 9.41. The lowest BCUT2D eigenvalue weighted by molar-refractivity contribution is -0.106. The molecule has 0 amide bonds. The van der Waals surface area contributed by atoms with Gasteiger partial charge in [-0.1, -0.05) is 33.8 Å². The highest BCUT2D eigenvalue weighted by molar-refractivity contribution is 5.75. The second-order valence-corrected chi connectivity index (χ2v) is 5.09. The molecule has 1 aliphatic rings. The Kier molecular flexibility index (Phi) is 2.15. The first-order valence-electron chi connectivity index (χ1n) is 4.56. The Hall–Kier alpha value is -0.590. The van der Waals surface area contributed by atoms with Gasteiger partial charge in [0.05, 0.1) is 0 Å². The number of carbonyl (C=O) groups excluding carboxylic acids is 1. The molecule has 0 N–H and O–H groups in total. The van der Waals surface area contributed by atoms with Gasteiger partial charge in [0.1, 0.15) is 6.29 Å². The maximum atomic E-state index is 10.8. The van der Waals surface area contributed by atoms with Crippen LogP contribution in [0.2, 0.25) is 0 Å². The van der Waals surface area contributed by atoms with Crippen molar-refractivity contribution in [3.05, 3.63) is 11.6 Å². The van der Waals surface area contributed by atoms with Crippen molar-refractivity contribution in [3.8, 4) is 0 Å². The first-order valence-corrected chi connectivity index (χ1v) is 4.56. The average Bonchev–Trinajstić information content (AvgIpc) is 1.95. The molecule has 1 heteroatoms. The third-order valence-corrected chi connectivity index (χ3v) is 2.85. The van der Waals surface area contributed by atoms with Crippen LogP contribution in [-0.2, 0) is 4.79 Å². The minimum absolute atomic E-state index is 0.0945. The van der Waals surface area contributed by atoms with E-state index in [0.29, 0.717) is 0 Å². The molecule has 1 rings (SSSR count). The molecule has 0 aromatic heterocycles. The zero-order valence-electron chi connectivity index (χ0n) is 8.48. The van der Waals surface area contributed by atoms with Gasteiger partial charge in [-0.2, -0.15) is 0 Å². The molecular formula is C11H18O. The summed E-state index contributed by atoms with van der Waals surface area (Å²) in [7, 11) is 0. The molecule has 12 heavy (non-hydrogen) atoms. The number of aldehydes is 1. The maximum Gasteiger partial charge on any atom is 0.146 e. The van der Waals surface area contributed by atoms with Crippen molar-refractivity contribution in [2.24, 2.45) is 10.8 Å². The largest absolute Gasteiger partial charge is 0.298 e. The number of rotatable bonds is 1. The van der Waals surface area contributed by atoms with Crippen LogP contribution in [0.1, 0.15) is 40.5 Å². The van der Waals surface area contributed by atoms with Crippen LogP contribution in [-0.4, -0.2) is 6.29 Å². The standard InChI is InChI=1S/C11H18O/c1-10(2)5-6-11(3,4)9(7-10)8-12/h7-8H,5-6H2,1-4H3. The van der Waals surface area contributed by atoms with E-state index in [9.17, 15) is 4.79 Å². The Morgan fingerprint density at radius 3 is 2.25 bits per heavy atom. The van der Waals surface area contributed by atoms with Gasteiger partial charge in [0.25, 0.3) is 0 Å². The van der Waals surface area contributed by atoms with Gasteiger partial charge in [-0.3, -0.25) is 4.79 Å². The predicted octanol–water partition coefficient (Wildman–Crippen LogP) is 2.96. The summed E-state index contributed by atoms with van der Waals surface area (Å²) in [5.41, 5.74) is 1.28. The van der Waals surface area contributed by atoms with Crippen molar-refractivity contribution in [1.82, 2.24) is 0 Å². The van der Waals surface area contributed by atoms with E-state index in [1.807, 2.05) is 0 Å². The van der Waals surface area contributed by atoms with Crippen molar-refractivity contribution >= 4 is 6.29 Å². The van der Waals surface area contributed by atoms with Crippen LogP contribution in [0.15, 0.2) is 11.6 Å². The normalized spacial score (nSPS) is 26.2. The third-order valence-electron chi connectivity index (χ3n) is 2.85. The molecule has 1 nitrogen and oxygen atoms in total. The Bertz CT molecular complexity index is 221. The summed E-state index contributed by atoms with van der Waals surface area (Å²) >= 11 is 0. The number of carbonyl (C=O) groups is 1. The van der Waals surface area contributed by atoms with Crippen LogP contribution in [0, 0.1) is 10.8 Å². The SMILES string of the molecule is CC1(C)C=C(C=O)C(C)(C)CC1. The Morgan fingerprint density at radius 2 is 1.83 bits per heavy atom. The maximum absolute atomic E-state index is 10.8. The molecule has 0 unspecified atom stereocenters. The predicted molar refractivity (Wildman–Crippen MR) is 50.9 cm³/mol. The summed E-state index contributed by atoms with van der Waals surface area (Å²) in [5, 5.41) is 0. The summed E-state index contributed by atoms with van der Waals surface area (Å²) in [6, 6.07) is 0. The van der Waals surface area contributed by atoms with Crippen LogP contribution in [0.4, 0.5) is 0 Å². The van der Waals surface area contributed by atoms with Crippen molar-refractivity contribution in [3.63, 3.8) is 0 Å². The second kappa shape index (κ2) is 2.72. The van der Waals surface area contributed by atoms with Crippen molar-refractivity contribution < 1.29 is 4.79 Å². The van der Waals surface area contributed by atoms with Gasteiger partial charge >= 0.3 is 0 Å². The van der Waals surface area contributed by atoms with E-state index in [4.69, 9.17) is 0 Å². The van der Waals surface area contributed by atoms with Gasteiger partial charge < -0.3 is 0 Å². The van der Waals surface area contributed by atoms with Gasteiger partial charge in [-0.05, 0) is 29.2 Å². The molecule has 1 aliphatic carbocycles. The lowest BCUT2D eigenvalue weighted by Gasteiger charge is -2.36. The van der Waals surface area contributed by atoms with Gasteiger partial charge in [0, 0.05) is 0 Å². The van der Waals surface area contributed by atoms with E-state index in [0.717, 1.165) is 18.3 Å². The van der Waals surface area contributed by atoms with E-state index in [2.05, 4.69) is 33.8 Å². The highest BCUT2D eigenvalue weighted by Gasteiger charge is 2.32. The van der Waals surface area contributed by atoms with Crippen LogP contribution >= 0.6 is 0 Å². The highest BCUT2D eigenvalue weighted by atomic mass is 16.1. The van der Waals surface area contributed by atoms with Crippen molar-refractivity contribution in [2.75, 3.05) is 0 Å². The lowest BCUT2D eigenvalue weighted by atomic mass is 9.68. The molecule has 68 valence electrons. The van der Waals surface area contributed by atoms with E-state index in [-0.39, 0.29) is 10.8 Å². The minimum atomic E-state index is 0.0945. The Morgan fingerprint density at radius 1 is 1.25 bits per heavy atom. The van der Waals surface area contributed by atoms with E-state index >= 15 is 0 Å². The van der Waals surface area contributed by atoms with Gasteiger partial charge in [0.15, 0.2) is 0 Å². The monoisotopic (exact) mass is 166 g/mol. The number of hydrogen-bond donors (Lipinski definition) is 0. The van der Waals surface area contributed by atoms with Crippen molar-refractivity contribution in [1.29, 1.82) is 0 Å². The highest BCUT2D eigenvalue weighted by Crippen LogP contribution is 2.42. The summed E-state index contributed by atoms with van der Waals surface area (Å²) in [5.74, 6) is 0. The number of hydrogen-bond acceptors (Lipinski definition) is 1. The van der Waals surface area contributed by atoms with Crippen LogP contribution in [0.3, 0.4) is 0 Å². The first kappa shape index (κ1) is 9.50. The molecule has 0 saturated carbocycles. The molecule has 0 spiro atoms. The molecule has 0 bridgehead atoms.